The number of rotatable bonds is 4. The van der Waals surface area contributed by atoms with Crippen LogP contribution in [-0.4, -0.2) is 46.4 Å². The Labute approximate surface area is 178 Å². The SMILES string of the molecule is O=C(c1ccc(Oc2nccs2)cc1)N1CCC(N2CCc3sccc3C2)CC1. The molecule has 1 amide bonds. The van der Waals surface area contributed by atoms with E-state index < -0.39 is 0 Å². The molecule has 1 saturated heterocycles. The van der Waals surface area contributed by atoms with Gasteiger partial charge in [0.25, 0.3) is 11.1 Å². The van der Waals surface area contributed by atoms with Crippen molar-refractivity contribution >= 4 is 28.6 Å². The van der Waals surface area contributed by atoms with Crippen LogP contribution in [0.2, 0.25) is 0 Å². The molecule has 29 heavy (non-hydrogen) atoms. The number of amides is 1. The average Bonchev–Trinajstić information content (AvgIpc) is 3.45. The number of fused-ring (bicyclic) bond motifs is 1. The summed E-state index contributed by atoms with van der Waals surface area (Å²) in [7, 11) is 0. The van der Waals surface area contributed by atoms with Crippen LogP contribution >= 0.6 is 22.7 Å². The summed E-state index contributed by atoms with van der Waals surface area (Å²) in [5.74, 6) is 0.816. The Morgan fingerprint density at radius 3 is 2.62 bits per heavy atom. The van der Waals surface area contributed by atoms with E-state index in [0.29, 0.717) is 17.0 Å². The minimum atomic E-state index is 0.114. The van der Waals surface area contributed by atoms with Crippen molar-refractivity contribution in [2.75, 3.05) is 19.6 Å². The molecule has 150 valence electrons. The van der Waals surface area contributed by atoms with Gasteiger partial charge in [0, 0.05) is 54.2 Å². The summed E-state index contributed by atoms with van der Waals surface area (Å²) in [5.41, 5.74) is 2.22. The van der Waals surface area contributed by atoms with Crippen molar-refractivity contribution in [3.05, 3.63) is 63.3 Å². The molecule has 4 heterocycles. The summed E-state index contributed by atoms with van der Waals surface area (Å²) in [5, 5.41) is 4.70. The third-order valence-corrected chi connectivity index (χ3v) is 7.49. The zero-order chi connectivity index (χ0) is 19.6. The number of carbonyl (C=O) groups is 1. The van der Waals surface area contributed by atoms with Crippen LogP contribution in [-0.2, 0) is 13.0 Å². The molecule has 0 unspecified atom stereocenters. The van der Waals surface area contributed by atoms with Gasteiger partial charge in [-0.25, -0.2) is 4.98 Å². The van der Waals surface area contributed by atoms with Gasteiger partial charge in [0.15, 0.2) is 0 Å². The van der Waals surface area contributed by atoms with E-state index in [2.05, 4.69) is 21.3 Å². The topological polar surface area (TPSA) is 45.7 Å². The first-order valence-electron chi connectivity index (χ1n) is 10.0. The number of likely N-dealkylation sites (tertiary alicyclic amines) is 1. The van der Waals surface area contributed by atoms with E-state index in [1.807, 2.05) is 45.9 Å². The number of aromatic nitrogens is 1. The normalized spacial score (nSPS) is 17.9. The van der Waals surface area contributed by atoms with Crippen LogP contribution in [0.1, 0.15) is 33.6 Å². The highest BCUT2D eigenvalue weighted by Gasteiger charge is 2.29. The maximum Gasteiger partial charge on any atom is 0.278 e. The first-order valence-corrected chi connectivity index (χ1v) is 11.8. The summed E-state index contributed by atoms with van der Waals surface area (Å²) >= 11 is 3.33. The highest BCUT2D eigenvalue weighted by molar-refractivity contribution is 7.11. The summed E-state index contributed by atoms with van der Waals surface area (Å²) in [6.07, 6.45) is 4.99. The molecule has 0 saturated carbocycles. The van der Waals surface area contributed by atoms with Crippen LogP contribution in [0.4, 0.5) is 0 Å². The second-order valence-electron chi connectivity index (χ2n) is 7.54. The number of nitrogens with zero attached hydrogens (tertiary/aromatic N) is 3. The minimum absolute atomic E-state index is 0.114. The van der Waals surface area contributed by atoms with E-state index in [4.69, 9.17) is 4.74 Å². The number of thiophene rings is 1. The zero-order valence-electron chi connectivity index (χ0n) is 16.1. The fraction of sp³-hybridized carbons (Fsp3) is 0.364. The Balaban J connectivity index is 1.16. The number of hydrogen-bond donors (Lipinski definition) is 0. The second-order valence-corrected chi connectivity index (χ2v) is 9.40. The van der Waals surface area contributed by atoms with Gasteiger partial charge in [0.1, 0.15) is 5.75 Å². The van der Waals surface area contributed by atoms with E-state index in [1.54, 1.807) is 11.1 Å². The third kappa shape index (κ3) is 4.08. The highest BCUT2D eigenvalue weighted by atomic mass is 32.1. The van der Waals surface area contributed by atoms with Gasteiger partial charge in [-0.1, -0.05) is 11.3 Å². The molecule has 5 rings (SSSR count). The van der Waals surface area contributed by atoms with E-state index in [-0.39, 0.29) is 5.91 Å². The van der Waals surface area contributed by atoms with Crippen LogP contribution in [0.25, 0.3) is 0 Å². The first-order chi connectivity index (χ1) is 14.3. The maximum atomic E-state index is 12.9. The average molecular weight is 426 g/mol. The Kier molecular flexibility index (Phi) is 5.35. The highest BCUT2D eigenvalue weighted by Crippen LogP contribution is 2.29. The smallest absolute Gasteiger partial charge is 0.278 e. The molecular weight excluding hydrogens is 402 g/mol. The Bertz CT molecular complexity index is 960. The molecule has 0 radical (unpaired) electrons. The standard InChI is InChI=1S/C22H23N3O2S2/c26-21(16-1-3-19(4-2-16)27-22-23-9-14-29-22)24-10-5-18(6-11-24)25-12-7-20-17(15-25)8-13-28-20/h1-4,8-9,13-14,18H,5-7,10-12,15H2. The summed E-state index contributed by atoms with van der Waals surface area (Å²) in [4.78, 5) is 23.2. The Morgan fingerprint density at radius 1 is 1.03 bits per heavy atom. The number of piperidine rings is 1. The van der Waals surface area contributed by atoms with Gasteiger partial charge in [0.2, 0.25) is 0 Å². The van der Waals surface area contributed by atoms with Crippen LogP contribution in [0.5, 0.6) is 10.9 Å². The van der Waals surface area contributed by atoms with Gasteiger partial charge in [-0.3, -0.25) is 9.69 Å². The van der Waals surface area contributed by atoms with Crippen molar-refractivity contribution in [1.29, 1.82) is 0 Å². The number of thiazole rings is 1. The molecule has 7 heteroatoms. The van der Waals surface area contributed by atoms with Gasteiger partial charge >= 0.3 is 0 Å². The van der Waals surface area contributed by atoms with Crippen molar-refractivity contribution in [1.82, 2.24) is 14.8 Å². The molecule has 1 fully saturated rings. The van der Waals surface area contributed by atoms with Crippen molar-refractivity contribution in [3.8, 4) is 10.9 Å². The lowest BCUT2D eigenvalue weighted by Gasteiger charge is -2.40. The predicted octanol–water partition coefficient (Wildman–Crippen LogP) is 4.66. The molecule has 2 aliphatic rings. The lowest BCUT2D eigenvalue weighted by atomic mass is 9.99. The lowest BCUT2D eigenvalue weighted by molar-refractivity contribution is 0.0600. The van der Waals surface area contributed by atoms with Gasteiger partial charge in [0.05, 0.1) is 0 Å². The quantitative estimate of drug-likeness (QED) is 0.610. The Hall–Kier alpha value is -2.22. The molecule has 0 atom stereocenters. The molecule has 2 aliphatic heterocycles. The lowest BCUT2D eigenvalue weighted by Crippen LogP contribution is -2.47. The van der Waals surface area contributed by atoms with Crippen molar-refractivity contribution in [3.63, 3.8) is 0 Å². The van der Waals surface area contributed by atoms with Gasteiger partial charge < -0.3 is 9.64 Å². The van der Waals surface area contributed by atoms with Crippen molar-refractivity contribution < 1.29 is 9.53 Å². The van der Waals surface area contributed by atoms with Crippen molar-refractivity contribution in [2.45, 2.75) is 31.8 Å². The van der Waals surface area contributed by atoms with Crippen LogP contribution < -0.4 is 4.74 Å². The predicted molar refractivity (Wildman–Crippen MR) is 116 cm³/mol. The molecule has 3 aromatic rings. The van der Waals surface area contributed by atoms with E-state index >= 15 is 0 Å². The number of ether oxygens (including phenoxy) is 1. The van der Waals surface area contributed by atoms with Gasteiger partial charge in [-0.15, -0.1) is 11.3 Å². The van der Waals surface area contributed by atoms with Gasteiger partial charge in [-0.05, 0) is 60.5 Å². The molecule has 0 spiro atoms. The van der Waals surface area contributed by atoms with Crippen LogP contribution in [0, 0.1) is 0 Å². The molecule has 1 aromatic carbocycles. The van der Waals surface area contributed by atoms with Gasteiger partial charge in [-0.2, -0.15) is 0 Å². The fourth-order valence-corrected chi connectivity index (χ4v) is 5.62. The van der Waals surface area contributed by atoms with E-state index in [1.165, 1.54) is 23.3 Å². The summed E-state index contributed by atoms with van der Waals surface area (Å²) in [6, 6.07) is 10.2. The minimum Gasteiger partial charge on any atom is -0.431 e. The van der Waals surface area contributed by atoms with Crippen LogP contribution in [0.3, 0.4) is 0 Å². The molecule has 5 nitrogen and oxygen atoms in total. The second kappa shape index (κ2) is 8.26. The van der Waals surface area contributed by atoms with Crippen molar-refractivity contribution in [2.24, 2.45) is 0 Å². The number of hydrogen-bond acceptors (Lipinski definition) is 6. The number of carbonyl (C=O) groups excluding carboxylic acids is 1. The first kappa shape index (κ1) is 18.8. The molecule has 0 bridgehead atoms. The maximum absolute atomic E-state index is 12.9. The summed E-state index contributed by atoms with van der Waals surface area (Å²) in [6.45, 7) is 3.87. The van der Waals surface area contributed by atoms with E-state index in [9.17, 15) is 4.79 Å². The van der Waals surface area contributed by atoms with Crippen LogP contribution in [0.15, 0.2) is 47.3 Å². The number of benzene rings is 1. The summed E-state index contributed by atoms with van der Waals surface area (Å²) < 4.78 is 5.68. The molecule has 0 aliphatic carbocycles. The largest absolute Gasteiger partial charge is 0.431 e. The molecule has 0 N–H and O–H groups in total. The molecule has 2 aromatic heterocycles. The zero-order valence-corrected chi connectivity index (χ0v) is 17.8. The monoisotopic (exact) mass is 425 g/mol. The van der Waals surface area contributed by atoms with E-state index in [0.717, 1.165) is 44.6 Å². The fourth-order valence-electron chi connectivity index (χ4n) is 4.23. The molecular formula is C22H23N3O2S2. The third-order valence-electron chi connectivity index (χ3n) is 5.82. The Morgan fingerprint density at radius 2 is 1.86 bits per heavy atom.